The fraction of sp³-hybridized carbons (Fsp3) is 0.545. The summed E-state index contributed by atoms with van der Waals surface area (Å²) >= 11 is 0. The zero-order valence-electron chi connectivity index (χ0n) is 16.4. The third-order valence-corrected chi connectivity index (χ3v) is 6.08. The Labute approximate surface area is 164 Å². The minimum atomic E-state index is -0.385. The van der Waals surface area contributed by atoms with Crippen LogP contribution in [-0.4, -0.2) is 43.1 Å². The maximum Gasteiger partial charge on any atom is 0.336 e. The molecule has 0 aliphatic carbocycles. The second kappa shape index (κ2) is 8.35. The highest BCUT2D eigenvalue weighted by molar-refractivity contribution is 5.81. The normalized spacial score (nSPS) is 22.6. The number of amides is 1. The number of carbonyl (C=O) groups excluding carboxylic acids is 1. The summed E-state index contributed by atoms with van der Waals surface area (Å²) in [6.45, 7) is 4.95. The predicted octanol–water partition coefficient (Wildman–Crippen LogP) is 2.86. The SMILES string of the molecule is Cc1cc(=O)oc2cc(OCC(=O)NC[C@H]3CCCN4CCCC[C@H]34)ccc12. The van der Waals surface area contributed by atoms with Gasteiger partial charge in [0.2, 0.25) is 0 Å². The van der Waals surface area contributed by atoms with Gasteiger partial charge in [0.25, 0.3) is 5.91 Å². The molecule has 2 fully saturated rings. The largest absolute Gasteiger partial charge is 0.484 e. The van der Waals surface area contributed by atoms with Crippen molar-refractivity contribution < 1.29 is 13.9 Å². The molecule has 0 radical (unpaired) electrons. The average Bonchev–Trinajstić information content (AvgIpc) is 2.70. The lowest BCUT2D eigenvalue weighted by molar-refractivity contribution is -0.123. The van der Waals surface area contributed by atoms with E-state index in [2.05, 4.69) is 10.2 Å². The summed E-state index contributed by atoms with van der Waals surface area (Å²) in [5.41, 5.74) is 0.950. The van der Waals surface area contributed by atoms with E-state index in [0.717, 1.165) is 17.5 Å². The Morgan fingerprint density at radius 2 is 2.07 bits per heavy atom. The Balaban J connectivity index is 1.31. The van der Waals surface area contributed by atoms with Gasteiger partial charge in [-0.3, -0.25) is 4.79 Å². The van der Waals surface area contributed by atoms with Gasteiger partial charge in [-0.15, -0.1) is 0 Å². The summed E-state index contributed by atoms with van der Waals surface area (Å²) in [5, 5.41) is 3.91. The monoisotopic (exact) mass is 384 g/mol. The van der Waals surface area contributed by atoms with Crippen LogP contribution in [0.3, 0.4) is 0 Å². The van der Waals surface area contributed by atoms with Crippen molar-refractivity contribution in [1.29, 1.82) is 0 Å². The molecule has 1 amide bonds. The molecule has 0 saturated carbocycles. The van der Waals surface area contributed by atoms with E-state index in [9.17, 15) is 9.59 Å². The van der Waals surface area contributed by atoms with Crippen molar-refractivity contribution in [2.45, 2.75) is 45.1 Å². The molecular weight excluding hydrogens is 356 g/mol. The maximum atomic E-state index is 12.3. The summed E-state index contributed by atoms with van der Waals surface area (Å²) < 4.78 is 10.8. The minimum absolute atomic E-state index is 0.0390. The molecule has 3 heterocycles. The molecule has 4 rings (SSSR count). The lowest BCUT2D eigenvalue weighted by Crippen LogP contribution is -2.51. The molecule has 1 aromatic carbocycles. The number of nitrogens with one attached hydrogen (secondary N) is 1. The van der Waals surface area contributed by atoms with Crippen LogP contribution in [-0.2, 0) is 4.79 Å². The first-order valence-electron chi connectivity index (χ1n) is 10.3. The topological polar surface area (TPSA) is 71.8 Å². The number of nitrogens with zero attached hydrogens (tertiary/aromatic N) is 1. The Kier molecular flexibility index (Phi) is 5.67. The smallest absolute Gasteiger partial charge is 0.336 e. The number of rotatable bonds is 5. The molecule has 0 bridgehead atoms. The molecule has 2 aliphatic heterocycles. The highest BCUT2D eigenvalue weighted by Crippen LogP contribution is 2.30. The van der Waals surface area contributed by atoms with Gasteiger partial charge >= 0.3 is 5.63 Å². The first kappa shape index (κ1) is 19.0. The third kappa shape index (κ3) is 4.22. The second-order valence-electron chi connectivity index (χ2n) is 8.00. The van der Waals surface area contributed by atoms with Crippen LogP contribution in [0.15, 0.2) is 33.5 Å². The summed E-state index contributed by atoms with van der Waals surface area (Å²) in [7, 11) is 0. The number of fused-ring (bicyclic) bond motifs is 2. The van der Waals surface area contributed by atoms with Crippen molar-refractivity contribution >= 4 is 16.9 Å². The highest BCUT2D eigenvalue weighted by Gasteiger charge is 2.32. The van der Waals surface area contributed by atoms with Crippen molar-refractivity contribution in [3.63, 3.8) is 0 Å². The van der Waals surface area contributed by atoms with E-state index < -0.39 is 0 Å². The van der Waals surface area contributed by atoms with Gasteiger partial charge in [0.15, 0.2) is 6.61 Å². The highest BCUT2D eigenvalue weighted by atomic mass is 16.5. The Morgan fingerprint density at radius 3 is 2.96 bits per heavy atom. The van der Waals surface area contributed by atoms with Gasteiger partial charge in [0.1, 0.15) is 11.3 Å². The third-order valence-electron chi connectivity index (χ3n) is 6.08. The number of benzene rings is 1. The molecular formula is C22H28N2O4. The summed E-state index contributed by atoms with van der Waals surface area (Å²) in [6.07, 6.45) is 6.25. The summed E-state index contributed by atoms with van der Waals surface area (Å²) in [5.74, 6) is 0.946. The first-order valence-corrected chi connectivity index (χ1v) is 10.3. The van der Waals surface area contributed by atoms with Gasteiger partial charge in [-0.2, -0.15) is 0 Å². The molecule has 1 aromatic heterocycles. The van der Waals surface area contributed by atoms with Crippen LogP contribution < -0.4 is 15.7 Å². The second-order valence-corrected chi connectivity index (χ2v) is 8.00. The summed E-state index contributed by atoms with van der Waals surface area (Å²) in [6, 6.07) is 7.40. The number of carbonyl (C=O) groups is 1. The molecule has 6 nitrogen and oxygen atoms in total. The summed E-state index contributed by atoms with van der Waals surface area (Å²) in [4.78, 5) is 26.4. The molecule has 150 valence electrons. The molecule has 2 atom stereocenters. The van der Waals surface area contributed by atoms with E-state index in [-0.39, 0.29) is 18.1 Å². The van der Waals surface area contributed by atoms with Gasteiger partial charge in [-0.1, -0.05) is 6.42 Å². The van der Waals surface area contributed by atoms with Crippen molar-refractivity contribution in [3.05, 3.63) is 40.2 Å². The number of hydrogen-bond acceptors (Lipinski definition) is 5. The zero-order chi connectivity index (χ0) is 19.5. The van der Waals surface area contributed by atoms with Crippen LogP contribution in [0.4, 0.5) is 0 Å². The van der Waals surface area contributed by atoms with E-state index in [1.807, 2.05) is 13.0 Å². The number of ether oxygens (including phenoxy) is 1. The van der Waals surface area contributed by atoms with E-state index in [1.165, 1.54) is 51.3 Å². The van der Waals surface area contributed by atoms with Crippen molar-refractivity contribution in [1.82, 2.24) is 10.2 Å². The molecule has 2 saturated heterocycles. The van der Waals surface area contributed by atoms with Crippen molar-refractivity contribution in [3.8, 4) is 5.75 Å². The zero-order valence-corrected chi connectivity index (χ0v) is 16.4. The Morgan fingerprint density at radius 1 is 1.21 bits per heavy atom. The maximum absolute atomic E-state index is 12.3. The Hall–Kier alpha value is -2.34. The number of aryl methyl sites for hydroxylation is 1. The van der Waals surface area contributed by atoms with Crippen LogP contribution in [0.25, 0.3) is 11.0 Å². The van der Waals surface area contributed by atoms with Gasteiger partial charge in [-0.05, 0) is 69.3 Å². The van der Waals surface area contributed by atoms with E-state index in [1.54, 1.807) is 12.1 Å². The van der Waals surface area contributed by atoms with Gasteiger partial charge in [0.05, 0.1) is 0 Å². The van der Waals surface area contributed by atoms with Crippen molar-refractivity contribution in [2.24, 2.45) is 5.92 Å². The molecule has 2 aliphatic rings. The predicted molar refractivity (Wildman–Crippen MR) is 108 cm³/mol. The van der Waals surface area contributed by atoms with E-state index in [0.29, 0.717) is 23.3 Å². The van der Waals surface area contributed by atoms with E-state index in [4.69, 9.17) is 9.15 Å². The molecule has 6 heteroatoms. The van der Waals surface area contributed by atoms with E-state index >= 15 is 0 Å². The standard InChI is InChI=1S/C22H28N2O4/c1-15-11-22(26)28-20-12-17(7-8-18(15)20)27-14-21(25)23-13-16-5-4-10-24-9-3-2-6-19(16)24/h7-8,11-12,16,19H,2-6,9-10,13-14H2,1H3,(H,23,25)/t16-,19-/m1/s1. The van der Waals surface area contributed by atoms with Gasteiger partial charge in [-0.25, -0.2) is 4.79 Å². The molecule has 0 spiro atoms. The van der Waals surface area contributed by atoms with Crippen molar-refractivity contribution in [2.75, 3.05) is 26.2 Å². The molecule has 28 heavy (non-hydrogen) atoms. The molecule has 0 unspecified atom stereocenters. The average molecular weight is 384 g/mol. The minimum Gasteiger partial charge on any atom is -0.484 e. The van der Waals surface area contributed by atoms with Crippen LogP contribution in [0.5, 0.6) is 5.75 Å². The van der Waals surface area contributed by atoms with Crippen LogP contribution in [0.2, 0.25) is 0 Å². The quantitative estimate of drug-likeness (QED) is 0.803. The molecule has 1 N–H and O–H groups in total. The molecule has 2 aromatic rings. The van der Waals surface area contributed by atoms with Gasteiger partial charge in [0, 0.05) is 30.1 Å². The fourth-order valence-electron chi connectivity index (χ4n) is 4.66. The van der Waals surface area contributed by atoms with Crippen LogP contribution in [0, 0.1) is 12.8 Å². The van der Waals surface area contributed by atoms with Gasteiger partial charge < -0.3 is 19.4 Å². The first-order chi connectivity index (χ1) is 13.6. The number of piperidine rings is 2. The lowest BCUT2D eigenvalue weighted by atomic mass is 9.83. The fourth-order valence-corrected chi connectivity index (χ4v) is 4.66. The van der Waals surface area contributed by atoms with Crippen LogP contribution >= 0.6 is 0 Å². The lowest BCUT2D eigenvalue weighted by Gasteiger charge is -2.44. The number of hydrogen-bond donors (Lipinski definition) is 1. The van der Waals surface area contributed by atoms with Crippen LogP contribution in [0.1, 0.15) is 37.7 Å². The Bertz CT molecular complexity index is 905.